The lowest BCUT2D eigenvalue weighted by Gasteiger charge is -2.25. The standard InChI is InChI=1S/C26H25F6N3O2/c27-25(28,29)17-6-3-5-15(10-17)24-33-9-8-18(35-24)11-19-20(14-36)23(37)12-22(19)34-13-16-4-1-2-7-21(16)26(30,31)32/h1-10,19-20,22-23,34,36-37H,11-14H2/t19-,20-,22-,23-/m1/s1. The van der Waals surface area contributed by atoms with E-state index in [4.69, 9.17) is 0 Å². The topological polar surface area (TPSA) is 78.3 Å². The molecule has 0 spiro atoms. The number of nitrogens with one attached hydrogen (secondary N) is 1. The molecule has 0 saturated heterocycles. The normalized spacial score (nSPS) is 22.4. The van der Waals surface area contributed by atoms with Crippen LogP contribution in [0.3, 0.4) is 0 Å². The molecule has 1 aromatic heterocycles. The van der Waals surface area contributed by atoms with Gasteiger partial charge in [0.05, 0.1) is 17.2 Å². The van der Waals surface area contributed by atoms with E-state index in [2.05, 4.69) is 15.3 Å². The maximum atomic E-state index is 13.4. The number of aliphatic hydroxyl groups is 2. The number of halogens is 6. The monoisotopic (exact) mass is 525 g/mol. The summed E-state index contributed by atoms with van der Waals surface area (Å²) in [5, 5.41) is 23.5. The zero-order valence-corrected chi connectivity index (χ0v) is 19.5. The fourth-order valence-corrected chi connectivity index (χ4v) is 4.90. The molecule has 1 aliphatic carbocycles. The Morgan fingerprint density at radius 3 is 2.38 bits per heavy atom. The lowest BCUT2D eigenvalue weighted by Crippen LogP contribution is -2.36. The molecule has 37 heavy (non-hydrogen) atoms. The molecule has 1 heterocycles. The van der Waals surface area contributed by atoms with E-state index in [1.807, 2.05) is 0 Å². The Kier molecular flexibility index (Phi) is 7.86. The maximum absolute atomic E-state index is 13.4. The third kappa shape index (κ3) is 6.28. The molecular formula is C26H25F6N3O2. The highest BCUT2D eigenvalue weighted by atomic mass is 19.4. The van der Waals surface area contributed by atoms with Gasteiger partial charge in [-0.2, -0.15) is 26.3 Å². The lowest BCUT2D eigenvalue weighted by molar-refractivity contribution is -0.138. The maximum Gasteiger partial charge on any atom is 0.416 e. The van der Waals surface area contributed by atoms with Gasteiger partial charge >= 0.3 is 12.4 Å². The fourth-order valence-electron chi connectivity index (χ4n) is 4.90. The zero-order valence-electron chi connectivity index (χ0n) is 19.5. The summed E-state index contributed by atoms with van der Waals surface area (Å²) in [6, 6.07) is 11.0. The second kappa shape index (κ2) is 10.8. The van der Waals surface area contributed by atoms with Crippen LogP contribution in [0.25, 0.3) is 11.4 Å². The Balaban J connectivity index is 1.55. The van der Waals surface area contributed by atoms with Gasteiger partial charge < -0.3 is 15.5 Å². The smallest absolute Gasteiger partial charge is 0.396 e. The minimum Gasteiger partial charge on any atom is -0.396 e. The van der Waals surface area contributed by atoms with Crippen LogP contribution in [0.4, 0.5) is 26.3 Å². The first-order chi connectivity index (χ1) is 17.5. The van der Waals surface area contributed by atoms with E-state index in [1.165, 1.54) is 36.5 Å². The molecule has 11 heteroatoms. The number of alkyl halides is 6. The third-order valence-corrected chi connectivity index (χ3v) is 6.75. The van der Waals surface area contributed by atoms with Crippen molar-refractivity contribution in [3.05, 3.63) is 83.2 Å². The molecule has 0 aliphatic heterocycles. The quantitative estimate of drug-likeness (QED) is 0.384. The minimum atomic E-state index is -4.52. The molecule has 0 amide bonds. The minimum absolute atomic E-state index is 0.0598. The van der Waals surface area contributed by atoms with E-state index >= 15 is 0 Å². The van der Waals surface area contributed by atoms with Crippen molar-refractivity contribution in [3.63, 3.8) is 0 Å². The number of aliphatic hydroxyl groups excluding tert-OH is 2. The van der Waals surface area contributed by atoms with Gasteiger partial charge in [-0.1, -0.05) is 30.3 Å². The van der Waals surface area contributed by atoms with Crippen molar-refractivity contribution >= 4 is 0 Å². The van der Waals surface area contributed by atoms with Crippen LogP contribution in [0.1, 0.15) is 28.8 Å². The van der Waals surface area contributed by atoms with Gasteiger partial charge in [-0.25, -0.2) is 9.97 Å². The summed E-state index contributed by atoms with van der Waals surface area (Å²) >= 11 is 0. The van der Waals surface area contributed by atoms with Gasteiger partial charge in [0.15, 0.2) is 5.82 Å². The average Bonchev–Trinajstić information content (AvgIpc) is 3.15. The molecule has 1 saturated carbocycles. The number of benzene rings is 2. The van der Waals surface area contributed by atoms with E-state index in [1.54, 1.807) is 6.07 Å². The van der Waals surface area contributed by atoms with Crippen molar-refractivity contribution in [2.75, 3.05) is 6.61 Å². The summed E-state index contributed by atoms with van der Waals surface area (Å²) in [5.41, 5.74) is -0.869. The van der Waals surface area contributed by atoms with Gasteiger partial charge in [0.1, 0.15) is 0 Å². The Morgan fingerprint density at radius 1 is 0.919 bits per heavy atom. The van der Waals surface area contributed by atoms with Crippen LogP contribution >= 0.6 is 0 Å². The van der Waals surface area contributed by atoms with Gasteiger partial charge in [0, 0.05) is 42.6 Å². The first kappa shape index (κ1) is 27.0. The molecule has 0 unspecified atom stereocenters. The first-order valence-electron chi connectivity index (χ1n) is 11.6. The number of hydrogen-bond acceptors (Lipinski definition) is 5. The molecule has 198 valence electrons. The third-order valence-electron chi connectivity index (χ3n) is 6.75. The Hall–Kier alpha value is -3.02. The summed E-state index contributed by atoms with van der Waals surface area (Å²) < 4.78 is 79.5. The summed E-state index contributed by atoms with van der Waals surface area (Å²) in [4.78, 5) is 8.49. The van der Waals surface area contributed by atoms with E-state index in [9.17, 15) is 36.6 Å². The van der Waals surface area contributed by atoms with Crippen molar-refractivity contribution < 1.29 is 36.6 Å². The predicted molar refractivity (Wildman–Crippen MR) is 123 cm³/mol. The van der Waals surface area contributed by atoms with Crippen molar-refractivity contribution in [1.82, 2.24) is 15.3 Å². The molecule has 2 aromatic carbocycles. The van der Waals surface area contributed by atoms with Gasteiger partial charge in [-0.15, -0.1) is 0 Å². The molecule has 4 atom stereocenters. The van der Waals surface area contributed by atoms with Gasteiger partial charge in [0.2, 0.25) is 0 Å². The van der Waals surface area contributed by atoms with Crippen molar-refractivity contribution in [2.45, 2.75) is 43.9 Å². The van der Waals surface area contributed by atoms with Crippen LogP contribution in [-0.4, -0.2) is 38.9 Å². The number of rotatable bonds is 7. The second-order valence-electron chi connectivity index (χ2n) is 9.11. The van der Waals surface area contributed by atoms with Crippen LogP contribution in [0.2, 0.25) is 0 Å². The van der Waals surface area contributed by atoms with Crippen LogP contribution < -0.4 is 5.32 Å². The van der Waals surface area contributed by atoms with Crippen molar-refractivity contribution in [2.24, 2.45) is 11.8 Å². The summed E-state index contributed by atoms with van der Waals surface area (Å²) in [7, 11) is 0. The number of nitrogens with zero attached hydrogens (tertiary/aromatic N) is 2. The zero-order chi connectivity index (χ0) is 26.8. The van der Waals surface area contributed by atoms with Crippen LogP contribution in [-0.2, 0) is 25.3 Å². The first-order valence-corrected chi connectivity index (χ1v) is 11.6. The highest BCUT2D eigenvalue weighted by molar-refractivity contribution is 5.56. The highest BCUT2D eigenvalue weighted by Gasteiger charge is 2.42. The van der Waals surface area contributed by atoms with Gasteiger partial charge in [-0.05, 0) is 48.6 Å². The average molecular weight is 525 g/mol. The predicted octanol–water partition coefficient (Wildman–Crippen LogP) is 4.87. The highest BCUT2D eigenvalue weighted by Crippen LogP contribution is 2.37. The Morgan fingerprint density at radius 2 is 1.68 bits per heavy atom. The van der Waals surface area contributed by atoms with E-state index in [0.717, 1.165) is 18.2 Å². The summed E-state index contributed by atoms with van der Waals surface area (Å²) in [6.45, 7) is -0.435. The largest absolute Gasteiger partial charge is 0.416 e. The van der Waals surface area contributed by atoms with E-state index in [0.29, 0.717) is 5.69 Å². The summed E-state index contributed by atoms with van der Waals surface area (Å²) in [5.74, 6) is -0.851. The second-order valence-corrected chi connectivity index (χ2v) is 9.11. The van der Waals surface area contributed by atoms with Crippen molar-refractivity contribution in [3.8, 4) is 11.4 Å². The molecule has 4 rings (SSSR count). The molecule has 0 bridgehead atoms. The molecule has 5 nitrogen and oxygen atoms in total. The number of hydrogen-bond donors (Lipinski definition) is 3. The fraction of sp³-hybridized carbons (Fsp3) is 0.385. The van der Waals surface area contributed by atoms with E-state index < -0.39 is 41.5 Å². The molecule has 3 N–H and O–H groups in total. The Bertz CT molecular complexity index is 1220. The summed E-state index contributed by atoms with van der Waals surface area (Å²) in [6.07, 6.45) is -8.05. The Labute approximate surface area is 209 Å². The lowest BCUT2D eigenvalue weighted by atomic mass is 9.88. The van der Waals surface area contributed by atoms with Crippen LogP contribution in [0, 0.1) is 11.8 Å². The molecule has 1 fully saturated rings. The molecule has 0 radical (unpaired) electrons. The SMILES string of the molecule is OC[C@@H]1[C@@H](Cc2ccnc(-c3cccc(C(F)(F)F)c3)n2)[C@H](NCc2ccccc2C(F)(F)F)C[C@H]1O. The van der Waals surface area contributed by atoms with Crippen LogP contribution in [0.5, 0.6) is 0 Å². The van der Waals surface area contributed by atoms with Gasteiger partial charge in [-0.3, -0.25) is 0 Å². The number of aromatic nitrogens is 2. The van der Waals surface area contributed by atoms with Gasteiger partial charge in [0.25, 0.3) is 0 Å². The van der Waals surface area contributed by atoms with E-state index in [-0.39, 0.29) is 48.9 Å². The molecule has 3 aromatic rings. The molecular weight excluding hydrogens is 500 g/mol. The van der Waals surface area contributed by atoms with Crippen LogP contribution in [0.15, 0.2) is 60.8 Å². The molecule has 1 aliphatic rings. The van der Waals surface area contributed by atoms with Crippen molar-refractivity contribution in [1.29, 1.82) is 0 Å².